The molecule has 1 aromatic heterocycles. The van der Waals surface area contributed by atoms with Crippen molar-refractivity contribution in [2.24, 2.45) is 5.73 Å². The Hall–Kier alpha value is -4.64. The Labute approximate surface area is 224 Å². The third-order valence-electron chi connectivity index (χ3n) is 6.18. The fourth-order valence-corrected chi connectivity index (χ4v) is 3.97. The molecule has 4 aromatic carbocycles. The Morgan fingerprint density at radius 3 is 1.66 bits per heavy atom. The molecule has 5 nitrogen and oxygen atoms in total. The highest BCUT2D eigenvalue weighted by Gasteiger charge is 2.21. The summed E-state index contributed by atoms with van der Waals surface area (Å²) in [6.07, 6.45) is 0. The number of amides is 1. The van der Waals surface area contributed by atoms with Crippen LogP contribution in [0.1, 0.15) is 36.8 Å². The fourth-order valence-electron chi connectivity index (χ4n) is 3.97. The van der Waals surface area contributed by atoms with E-state index in [4.69, 9.17) is 10.2 Å². The summed E-state index contributed by atoms with van der Waals surface area (Å²) in [5, 5.41) is 3.05. The highest BCUT2D eigenvalue weighted by Crippen LogP contribution is 2.32. The molecule has 0 bridgehead atoms. The van der Waals surface area contributed by atoms with Crippen molar-refractivity contribution in [3.63, 3.8) is 0 Å². The van der Waals surface area contributed by atoms with Gasteiger partial charge in [-0.15, -0.1) is 0 Å². The van der Waals surface area contributed by atoms with Gasteiger partial charge in [0.2, 0.25) is 5.89 Å². The number of oxazole rings is 1. The Morgan fingerprint density at radius 2 is 1.21 bits per heavy atom. The first-order chi connectivity index (χ1) is 18.3. The van der Waals surface area contributed by atoms with Gasteiger partial charge in [0, 0.05) is 23.9 Å². The van der Waals surface area contributed by atoms with E-state index in [-0.39, 0.29) is 11.1 Å². The summed E-state index contributed by atoms with van der Waals surface area (Å²) in [6.45, 7) is 6.47. The number of carbonyl (C=O) groups excluding carboxylic acids is 1. The summed E-state index contributed by atoms with van der Waals surface area (Å²) in [5.74, 6) is 0.154. The lowest BCUT2D eigenvalue weighted by molar-refractivity contribution is 0.0996. The second-order valence-corrected chi connectivity index (χ2v) is 9.95. The van der Waals surface area contributed by atoms with E-state index in [0.717, 1.165) is 16.8 Å². The van der Waals surface area contributed by atoms with Crippen molar-refractivity contribution in [2.75, 3.05) is 12.4 Å². The maximum Gasteiger partial charge on any atom is 0.271 e. The normalized spacial score (nSPS) is 10.8. The predicted octanol–water partition coefficient (Wildman–Crippen LogP) is 7.80. The minimum atomic E-state index is -0.612. The van der Waals surface area contributed by atoms with Crippen molar-refractivity contribution in [2.45, 2.75) is 26.2 Å². The molecule has 0 fully saturated rings. The van der Waals surface area contributed by atoms with Crippen LogP contribution < -0.4 is 11.1 Å². The van der Waals surface area contributed by atoms with Crippen LogP contribution in [0, 0.1) is 0 Å². The first kappa shape index (κ1) is 26.4. The van der Waals surface area contributed by atoms with Gasteiger partial charge in [0.25, 0.3) is 5.91 Å². The monoisotopic (exact) mass is 503 g/mol. The van der Waals surface area contributed by atoms with Gasteiger partial charge in [0.1, 0.15) is 0 Å². The van der Waals surface area contributed by atoms with Crippen LogP contribution in [0.2, 0.25) is 0 Å². The lowest BCUT2D eigenvalue weighted by Crippen LogP contribution is -2.12. The fraction of sp³-hybridized carbons (Fsp3) is 0.152. The van der Waals surface area contributed by atoms with Crippen LogP contribution in [-0.2, 0) is 5.41 Å². The molecule has 0 unspecified atom stereocenters. The lowest BCUT2D eigenvalue weighted by Gasteiger charge is -2.18. The van der Waals surface area contributed by atoms with Crippen LogP contribution in [0.3, 0.4) is 0 Å². The average Bonchev–Trinajstić information content (AvgIpc) is 3.40. The third-order valence-corrected chi connectivity index (χ3v) is 6.18. The summed E-state index contributed by atoms with van der Waals surface area (Å²) < 4.78 is 5.91. The van der Waals surface area contributed by atoms with Gasteiger partial charge < -0.3 is 15.5 Å². The second-order valence-electron chi connectivity index (χ2n) is 9.95. The van der Waals surface area contributed by atoms with Crippen molar-refractivity contribution < 1.29 is 9.21 Å². The van der Waals surface area contributed by atoms with E-state index in [9.17, 15) is 4.79 Å². The summed E-state index contributed by atoms with van der Waals surface area (Å²) >= 11 is 0. The first-order valence-electron chi connectivity index (χ1n) is 12.6. The third kappa shape index (κ3) is 6.37. The molecule has 0 aliphatic rings. The molecular formula is C33H33N3O2. The van der Waals surface area contributed by atoms with Gasteiger partial charge in [-0.1, -0.05) is 93.6 Å². The number of nitrogens with one attached hydrogen (secondary N) is 1. The van der Waals surface area contributed by atoms with Crippen molar-refractivity contribution in [1.82, 2.24) is 4.98 Å². The molecule has 38 heavy (non-hydrogen) atoms. The summed E-state index contributed by atoms with van der Waals surface area (Å²) in [4.78, 5) is 16.2. The maximum absolute atomic E-state index is 11.8. The minimum Gasteiger partial charge on any atom is -0.435 e. The van der Waals surface area contributed by atoms with Gasteiger partial charge in [0.05, 0.1) is 0 Å². The Balaban J connectivity index is 0.000000232. The Bertz CT molecular complexity index is 1430. The van der Waals surface area contributed by atoms with Crippen LogP contribution in [0.25, 0.3) is 33.9 Å². The molecule has 5 aromatic rings. The van der Waals surface area contributed by atoms with Crippen LogP contribution >= 0.6 is 0 Å². The molecule has 5 heteroatoms. The molecule has 0 aliphatic heterocycles. The Morgan fingerprint density at radius 1 is 0.711 bits per heavy atom. The van der Waals surface area contributed by atoms with E-state index >= 15 is 0 Å². The molecule has 3 N–H and O–H groups in total. The van der Waals surface area contributed by atoms with Gasteiger partial charge in [0.15, 0.2) is 11.5 Å². The van der Waals surface area contributed by atoms with E-state index in [2.05, 4.69) is 79.6 Å². The number of nitrogens with two attached hydrogens (primary N) is 1. The van der Waals surface area contributed by atoms with Crippen molar-refractivity contribution in [1.29, 1.82) is 0 Å². The molecule has 0 radical (unpaired) electrons. The number of aromatic nitrogens is 1. The van der Waals surface area contributed by atoms with E-state index in [1.165, 1.54) is 16.7 Å². The number of rotatable bonds is 5. The van der Waals surface area contributed by atoms with Gasteiger partial charge in [-0.05, 0) is 58.5 Å². The van der Waals surface area contributed by atoms with Gasteiger partial charge in [-0.3, -0.25) is 4.79 Å². The molecule has 0 saturated heterocycles. The van der Waals surface area contributed by atoms with Crippen molar-refractivity contribution >= 4 is 11.6 Å². The molecule has 5 rings (SSSR count). The zero-order valence-corrected chi connectivity index (χ0v) is 22.2. The van der Waals surface area contributed by atoms with Crippen LogP contribution in [0.5, 0.6) is 0 Å². The topological polar surface area (TPSA) is 81.2 Å². The molecular weight excluding hydrogens is 470 g/mol. The van der Waals surface area contributed by atoms with Crippen molar-refractivity contribution in [3.05, 3.63) is 120 Å². The minimum absolute atomic E-state index is 0.0632. The number of hydrogen-bond donors (Lipinski definition) is 2. The highest BCUT2D eigenvalue weighted by atomic mass is 16.4. The lowest BCUT2D eigenvalue weighted by atomic mass is 9.87. The van der Waals surface area contributed by atoms with E-state index < -0.39 is 5.91 Å². The van der Waals surface area contributed by atoms with E-state index in [1.54, 1.807) is 0 Å². The smallest absolute Gasteiger partial charge is 0.271 e. The summed E-state index contributed by atoms with van der Waals surface area (Å²) in [6, 6.07) is 36.3. The number of nitrogens with zero attached hydrogens (tertiary/aromatic N) is 1. The predicted molar refractivity (Wildman–Crippen MR) is 156 cm³/mol. The van der Waals surface area contributed by atoms with E-state index in [1.807, 2.05) is 67.7 Å². The molecule has 0 spiro atoms. The zero-order valence-electron chi connectivity index (χ0n) is 22.2. The number of hydrogen-bond acceptors (Lipinski definition) is 4. The quantitative estimate of drug-likeness (QED) is 0.256. The van der Waals surface area contributed by atoms with Gasteiger partial charge >= 0.3 is 0 Å². The van der Waals surface area contributed by atoms with Gasteiger partial charge in [-0.25, -0.2) is 4.98 Å². The van der Waals surface area contributed by atoms with E-state index in [0.29, 0.717) is 11.7 Å². The largest absolute Gasteiger partial charge is 0.435 e. The van der Waals surface area contributed by atoms with Gasteiger partial charge in [-0.2, -0.15) is 0 Å². The number of carbonyl (C=O) groups is 1. The zero-order chi connectivity index (χ0) is 27.1. The highest BCUT2D eigenvalue weighted by molar-refractivity contribution is 5.97. The Kier molecular flexibility index (Phi) is 8.07. The SMILES string of the molecule is CNc1ccc(-c2oc(-c3ccc(C(C)(C)C)cc3)nc2C(N)=O)cc1.c1ccc(-c2ccccc2)cc1. The number of primary amides is 1. The van der Waals surface area contributed by atoms with Crippen LogP contribution in [0.4, 0.5) is 5.69 Å². The van der Waals surface area contributed by atoms with Crippen LogP contribution in [-0.4, -0.2) is 17.9 Å². The molecule has 1 amide bonds. The molecule has 0 atom stereocenters. The summed E-state index contributed by atoms with van der Waals surface area (Å²) in [5.41, 5.74) is 12.0. The molecule has 0 aliphatic carbocycles. The molecule has 1 heterocycles. The standard InChI is InChI=1S/C21H23N3O2.C12H10/c1-21(2,3)15-9-5-14(6-10-15)20-24-17(19(22)25)18(26-20)13-7-11-16(23-4)12-8-13;1-3-7-11(8-4-1)12-9-5-2-6-10-12/h5-12,23H,1-4H3,(H2,22,25);1-10H. The van der Waals surface area contributed by atoms with Crippen LogP contribution in [0.15, 0.2) is 114 Å². The molecule has 192 valence electrons. The number of benzene rings is 4. The first-order valence-corrected chi connectivity index (χ1v) is 12.6. The summed E-state index contributed by atoms with van der Waals surface area (Å²) in [7, 11) is 1.84. The average molecular weight is 504 g/mol. The van der Waals surface area contributed by atoms with Crippen molar-refractivity contribution in [3.8, 4) is 33.9 Å². The molecule has 0 saturated carbocycles. The number of anilines is 1. The second kappa shape index (κ2) is 11.6. The maximum atomic E-state index is 11.8.